The van der Waals surface area contributed by atoms with Crippen LogP contribution in [0.5, 0.6) is 0 Å². The molecule has 0 aromatic heterocycles. The van der Waals surface area contributed by atoms with Gasteiger partial charge in [0.1, 0.15) is 0 Å². The van der Waals surface area contributed by atoms with E-state index < -0.39 is 0 Å². The van der Waals surface area contributed by atoms with Crippen LogP contribution in [-0.4, -0.2) is 35.0 Å². The van der Waals surface area contributed by atoms with E-state index in [1.165, 1.54) is 17.1 Å². The predicted molar refractivity (Wildman–Crippen MR) is 60.6 cm³/mol. The lowest BCUT2D eigenvalue weighted by atomic mass is 10.1. The van der Waals surface area contributed by atoms with Crippen LogP contribution in [0.3, 0.4) is 0 Å². The largest absolute Gasteiger partial charge is 0.396 e. The minimum Gasteiger partial charge on any atom is -0.396 e. The second-order valence-electron chi connectivity index (χ2n) is 4.01. The maximum Gasteiger partial charge on any atom is 0.253 e. The molecule has 1 aliphatic heterocycles. The predicted octanol–water partition coefficient (Wildman–Crippen LogP) is 1.24. The lowest BCUT2D eigenvalue weighted by Crippen LogP contribution is -2.30. The van der Waals surface area contributed by atoms with Gasteiger partial charge in [0, 0.05) is 25.3 Å². The number of imide groups is 1. The van der Waals surface area contributed by atoms with E-state index in [0.717, 1.165) is 38.5 Å². The molecule has 0 spiro atoms. The van der Waals surface area contributed by atoms with Gasteiger partial charge in [-0.2, -0.15) is 0 Å². The highest BCUT2D eigenvalue weighted by Crippen LogP contribution is 2.09. The molecule has 0 saturated carbocycles. The van der Waals surface area contributed by atoms with Crippen LogP contribution < -0.4 is 0 Å². The number of carbonyl (C=O) groups is 2. The van der Waals surface area contributed by atoms with Crippen molar-refractivity contribution < 1.29 is 14.7 Å². The minimum absolute atomic E-state index is 0.190. The quantitative estimate of drug-likeness (QED) is 0.499. The summed E-state index contributed by atoms with van der Waals surface area (Å²) in [5.74, 6) is -0.379. The van der Waals surface area contributed by atoms with E-state index in [-0.39, 0.29) is 18.4 Å². The fraction of sp³-hybridized carbons (Fsp3) is 0.667. The van der Waals surface area contributed by atoms with Crippen molar-refractivity contribution >= 4 is 11.8 Å². The second kappa shape index (κ2) is 7.17. The van der Waals surface area contributed by atoms with Gasteiger partial charge in [-0.15, -0.1) is 0 Å². The van der Waals surface area contributed by atoms with Crippen LogP contribution in [0.25, 0.3) is 0 Å². The van der Waals surface area contributed by atoms with E-state index in [2.05, 4.69) is 0 Å². The number of hydrogen-bond acceptors (Lipinski definition) is 3. The van der Waals surface area contributed by atoms with Gasteiger partial charge >= 0.3 is 0 Å². The maximum atomic E-state index is 11.2. The zero-order valence-corrected chi connectivity index (χ0v) is 9.52. The van der Waals surface area contributed by atoms with Gasteiger partial charge in [0.05, 0.1) is 0 Å². The average Bonchev–Trinajstić information content (AvgIpc) is 2.59. The number of aliphatic hydroxyl groups excluding tert-OH is 1. The number of carbonyl (C=O) groups excluding carboxylic acids is 2. The Morgan fingerprint density at radius 1 is 0.875 bits per heavy atom. The van der Waals surface area contributed by atoms with Crippen molar-refractivity contribution in [2.75, 3.05) is 13.2 Å². The first-order chi connectivity index (χ1) is 7.75. The average molecular weight is 225 g/mol. The summed E-state index contributed by atoms with van der Waals surface area (Å²) in [6, 6.07) is 0. The Balaban J connectivity index is 1.99. The van der Waals surface area contributed by atoms with E-state index >= 15 is 0 Å². The number of nitrogens with zero attached hydrogens (tertiary/aromatic N) is 1. The molecule has 4 heteroatoms. The van der Waals surface area contributed by atoms with Gasteiger partial charge in [0.15, 0.2) is 0 Å². The van der Waals surface area contributed by atoms with Crippen molar-refractivity contribution in [2.45, 2.75) is 38.5 Å². The van der Waals surface area contributed by atoms with E-state index in [1.807, 2.05) is 0 Å². The monoisotopic (exact) mass is 225 g/mol. The van der Waals surface area contributed by atoms with Crippen molar-refractivity contribution in [2.24, 2.45) is 0 Å². The summed E-state index contributed by atoms with van der Waals surface area (Å²) >= 11 is 0. The van der Waals surface area contributed by atoms with Gasteiger partial charge in [0.2, 0.25) is 0 Å². The first-order valence-electron chi connectivity index (χ1n) is 5.90. The second-order valence-corrected chi connectivity index (χ2v) is 4.01. The molecule has 0 radical (unpaired) electrons. The van der Waals surface area contributed by atoms with Crippen LogP contribution >= 0.6 is 0 Å². The molecular formula is C12H19NO3. The van der Waals surface area contributed by atoms with E-state index in [9.17, 15) is 9.59 Å². The summed E-state index contributed by atoms with van der Waals surface area (Å²) < 4.78 is 0. The number of amides is 2. The molecule has 90 valence electrons. The Hall–Kier alpha value is -1.16. The molecule has 0 aromatic carbocycles. The summed E-state index contributed by atoms with van der Waals surface area (Å²) in [4.78, 5) is 23.6. The summed E-state index contributed by atoms with van der Waals surface area (Å²) in [5, 5.41) is 8.58. The molecule has 2 amide bonds. The van der Waals surface area contributed by atoms with Crippen LogP contribution in [0, 0.1) is 0 Å². The fourth-order valence-corrected chi connectivity index (χ4v) is 1.74. The number of unbranched alkanes of at least 4 members (excludes halogenated alkanes) is 5. The lowest BCUT2D eigenvalue weighted by molar-refractivity contribution is -0.136. The van der Waals surface area contributed by atoms with E-state index in [1.54, 1.807) is 0 Å². The standard InChI is InChI=1S/C12H19NO3/c14-10-6-4-2-1-3-5-9-13-11(15)7-8-12(13)16/h7-8,14H,1-6,9-10H2. The van der Waals surface area contributed by atoms with Gasteiger partial charge < -0.3 is 5.11 Å². The topological polar surface area (TPSA) is 57.6 Å². The summed E-state index contributed by atoms with van der Waals surface area (Å²) in [5.41, 5.74) is 0. The third-order valence-corrected chi connectivity index (χ3v) is 2.69. The number of aliphatic hydroxyl groups is 1. The molecule has 4 nitrogen and oxygen atoms in total. The van der Waals surface area contributed by atoms with Gasteiger partial charge in [-0.3, -0.25) is 14.5 Å². The SMILES string of the molecule is O=C1C=CC(=O)N1CCCCCCCCO. The van der Waals surface area contributed by atoms with Crippen LogP contribution in [0.1, 0.15) is 38.5 Å². The molecule has 0 fully saturated rings. The molecule has 0 saturated heterocycles. The Bertz CT molecular complexity index is 255. The smallest absolute Gasteiger partial charge is 0.253 e. The van der Waals surface area contributed by atoms with Gasteiger partial charge in [0.25, 0.3) is 11.8 Å². The zero-order valence-electron chi connectivity index (χ0n) is 9.52. The van der Waals surface area contributed by atoms with Crippen LogP contribution in [0.2, 0.25) is 0 Å². The van der Waals surface area contributed by atoms with Crippen LogP contribution in [0.4, 0.5) is 0 Å². The van der Waals surface area contributed by atoms with E-state index in [0.29, 0.717) is 6.54 Å². The third kappa shape index (κ3) is 4.14. The Kier molecular flexibility index (Phi) is 5.78. The molecule has 1 aliphatic rings. The Labute approximate surface area is 95.9 Å². The lowest BCUT2D eigenvalue weighted by Gasteiger charge is -2.12. The maximum absolute atomic E-state index is 11.2. The van der Waals surface area contributed by atoms with Gasteiger partial charge in [-0.25, -0.2) is 0 Å². The highest BCUT2D eigenvalue weighted by Gasteiger charge is 2.21. The van der Waals surface area contributed by atoms with Crippen molar-refractivity contribution in [3.63, 3.8) is 0 Å². The molecule has 16 heavy (non-hydrogen) atoms. The molecular weight excluding hydrogens is 206 g/mol. The highest BCUT2D eigenvalue weighted by molar-refractivity contribution is 6.12. The van der Waals surface area contributed by atoms with Crippen LogP contribution in [0.15, 0.2) is 12.2 Å². The minimum atomic E-state index is -0.190. The first kappa shape index (κ1) is 12.9. The van der Waals surface area contributed by atoms with Crippen molar-refractivity contribution in [1.82, 2.24) is 4.90 Å². The van der Waals surface area contributed by atoms with Gasteiger partial charge in [-0.1, -0.05) is 25.7 Å². The first-order valence-corrected chi connectivity index (χ1v) is 5.90. The Morgan fingerprint density at radius 2 is 1.38 bits per heavy atom. The summed E-state index contributed by atoms with van der Waals surface area (Å²) in [7, 11) is 0. The normalized spacial score (nSPS) is 15.2. The Morgan fingerprint density at radius 3 is 1.94 bits per heavy atom. The molecule has 1 heterocycles. The fourth-order valence-electron chi connectivity index (χ4n) is 1.74. The number of hydrogen-bond donors (Lipinski definition) is 1. The molecule has 0 bridgehead atoms. The molecule has 1 N–H and O–H groups in total. The molecule has 0 aromatic rings. The third-order valence-electron chi connectivity index (χ3n) is 2.69. The van der Waals surface area contributed by atoms with Crippen molar-refractivity contribution in [3.8, 4) is 0 Å². The molecule has 0 aliphatic carbocycles. The van der Waals surface area contributed by atoms with E-state index in [4.69, 9.17) is 5.11 Å². The van der Waals surface area contributed by atoms with Gasteiger partial charge in [-0.05, 0) is 12.8 Å². The highest BCUT2D eigenvalue weighted by atomic mass is 16.3. The van der Waals surface area contributed by atoms with Crippen molar-refractivity contribution in [3.05, 3.63) is 12.2 Å². The molecule has 1 rings (SSSR count). The molecule has 0 unspecified atom stereocenters. The zero-order chi connectivity index (χ0) is 11.8. The van der Waals surface area contributed by atoms with Crippen LogP contribution in [-0.2, 0) is 9.59 Å². The summed E-state index contributed by atoms with van der Waals surface area (Å²) in [6.07, 6.45) is 8.69. The summed E-state index contributed by atoms with van der Waals surface area (Å²) in [6.45, 7) is 0.799. The molecule has 0 atom stereocenters. The van der Waals surface area contributed by atoms with Crippen molar-refractivity contribution in [1.29, 1.82) is 0 Å². The number of rotatable bonds is 8.